The van der Waals surface area contributed by atoms with Crippen LogP contribution in [0.1, 0.15) is 41.0 Å². The second-order valence-corrected chi connectivity index (χ2v) is 10.3. The Kier molecular flexibility index (Phi) is 6.17. The molecule has 0 radical (unpaired) electrons. The van der Waals surface area contributed by atoms with Gasteiger partial charge in [-0.05, 0) is 55.5 Å². The van der Waals surface area contributed by atoms with Crippen molar-refractivity contribution in [3.05, 3.63) is 47.0 Å². The molecule has 2 aliphatic rings. The van der Waals surface area contributed by atoms with E-state index in [9.17, 15) is 9.59 Å². The lowest BCUT2D eigenvalue weighted by molar-refractivity contribution is -0.113. The quantitative estimate of drug-likeness (QED) is 0.503. The molecule has 1 aromatic heterocycles. The Morgan fingerprint density at radius 3 is 2.88 bits per heavy atom. The van der Waals surface area contributed by atoms with Crippen molar-refractivity contribution in [2.45, 2.75) is 43.2 Å². The number of Topliss-reactive ketones (excluding diaryl/α,β-unsaturated/α-hetero) is 1. The van der Waals surface area contributed by atoms with E-state index >= 15 is 0 Å². The van der Waals surface area contributed by atoms with Gasteiger partial charge in [-0.1, -0.05) is 12.1 Å². The van der Waals surface area contributed by atoms with Gasteiger partial charge in [0.2, 0.25) is 5.91 Å². The summed E-state index contributed by atoms with van der Waals surface area (Å²) in [6, 6.07) is 12.4. The zero-order valence-corrected chi connectivity index (χ0v) is 19.5. The molecule has 0 atom stereocenters. The van der Waals surface area contributed by atoms with Crippen LogP contribution >= 0.6 is 23.1 Å². The summed E-state index contributed by atoms with van der Waals surface area (Å²) in [7, 11) is 1.63. The van der Waals surface area contributed by atoms with Gasteiger partial charge in [-0.3, -0.25) is 9.59 Å². The predicted molar refractivity (Wildman–Crippen MR) is 129 cm³/mol. The number of ether oxygens (including phenoxy) is 1. The van der Waals surface area contributed by atoms with Crippen molar-refractivity contribution in [3.8, 4) is 5.75 Å². The first-order valence-electron chi connectivity index (χ1n) is 10.9. The first-order chi connectivity index (χ1) is 15.6. The number of hydrogen-bond acceptors (Lipinski definition) is 7. The number of thiazole rings is 1. The molecular weight excluding hydrogens is 442 g/mol. The van der Waals surface area contributed by atoms with Crippen LogP contribution in [0.4, 0.5) is 5.69 Å². The van der Waals surface area contributed by atoms with Crippen LogP contribution in [0.15, 0.2) is 41.3 Å². The summed E-state index contributed by atoms with van der Waals surface area (Å²) in [5.74, 6) is 1.45. The number of ketones is 1. The minimum Gasteiger partial charge on any atom is -0.494 e. The molecule has 2 N–H and O–H groups in total. The van der Waals surface area contributed by atoms with Gasteiger partial charge in [-0.2, -0.15) is 0 Å². The molecule has 1 aliphatic carbocycles. The number of carbonyl (C=O) groups is 2. The molecule has 0 saturated heterocycles. The molecule has 2 aromatic carbocycles. The van der Waals surface area contributed by atoms with Crippen LogP contribution in [0.25, 0.3) is 10.2 Å². The molecule has 2 heterocycles. The number of carbonyl (C=O) groups excluding carboxylic acids is 2. The fraction of sp³-hybridized carbons (Fsp3) is 0.375. The molecule has 0 spiro atoms. The molecule has 8 heteroatoms. The number of fused-ring (bicyclic) bond motifs is 2. The number of hydrogen-bond donors (Lipinski definition) is 2. The molecule has 5 rings (SSSR count). The van der Waals surface area contributed by atoms with Crippen LogP contribution in [0.2, 0.25) is 0 Å². The average molecular weight is 468 g/mol. The van der Waals surface area contributed by atoms with Gasteiger partial charge < -0.3 is 15.4 Å². The van der Waals surface area contributed by atoms with Crippen LogP contribution < -0.4 is 15.4 Å². The number of anilines is 1. The lowest BCUT2D eigenvalue weighted by atomic mass is 9.83. The van der Waals surface area contributed by atoms with E-state index in [1.807, 2.05) is 18.2 Å². The predicted octanol–water partition coefficient (Wildman–Crippen LogP) is 4.88. The van der Waals surface area contributed by atoms with Gasteiger partial charge in [0, 0.05) is 23.4 Å². The molecule has 0 unspecified atom stereocenters. The summed E-state index contributed by atoms with van der Waals surface area (Å²) in [5, 5.41) is 7.17. The maximum Gasteiger partial charge on any atom is 0.234 e. The second kappa shape index (κ2) is 9.21. The number of rotatable bonds is 6. The Hall–Kier alpha value is -2.42. The summed E-state index contributed by atoms with van der Waals surface area (Å²) < 4.78 is 6.37. The molecule has 1 saturated carbocycles. The Bertz CT molecular complexity index is 1170. The highest BCUT2D eigenvalue weighted by Crippen LogP contribution is 2.34. The van der Waals surface area contributed by atoms with E-state index in [4.69, 9.17) is 4.74 Å². The minimum absolute atomic E-state index is 0.0376. The van der Waals surface area contributed by atoms with E-state index < -0.39 is 0 Å². The number of methoxy groups -OCH3 is 1. The van der Waals surface area contributed by atoms with Crippen molar-refractivity contribution in [2.75, 3.05) is 18.2 Å². The molecule has 0 bridgehead atoms. The molecule has 6 nitrogen and oxygen atoms in total. The third kappa shape index (κ3) is 4.40. The molecule has 1 aliphatic heterocycles. The molecule has 1 fully saturated rings. The maximum absolute atomic E-state index is 13.1. The number of aromatic nitrogens is 1. The van der Waals surface area contributed by atoms with Crippen LogP contribution in [0.3, 0.4) is 0 Å². The second-order valence-electron chi connectivity index (χ2n) is 8.29. The van der Waals surface area contributed by atoms with E-state index in [2.05, 4.69) is 33.8 Å². The molecule has 1 amide bonds. The summed E-state index contributed by atoms with van der Waals surface area (Å²) >= 11 is 3.04. The summed E-state index contributed by atoms with van der Waals surface area (Å²) in [5.41, 5.74) is 2.85. The van der Waals surface area contributed by atoms with Gasteiger partial charge >= 0.3 is 0 Å². The fourth-order valence-electron chi connectivity index (χ4n) is 4.43. The fourth-order valence-corrected chi connectivity index (χ4v) is 6.22. The van der Waals surface area contributed by atoms with Gasteiger partial charge in [0.15, 0.2) is 10.8 Å². The summed E-state index contributed by atoms with van der Waals surface area (Å²) in [4.78, 5) is 30.4. The SMILES string of the molecule is COc1cccc2sc(C(=O)[C@H]3CC[C@H](NCc4ccc5c(c4)NC(=O)CS5)CC3)nc12. The van der Waals surface area contributed by atoms with Gasteiger partial charge in [0.25, 0.3) is 0 Å². The Labute approximate surface area is 195 Å². The smallest absolute Gasteiger partial charge is 0.234 e. The first kappa shape index (κ1) is 21.4. The lowest BCUT2D eigenvalue weighted by Crippen LogP contribution is -2.34. The maximum atomic E-state index is 13.1. The van der Waals surface area contributed by atoms with Gasteiger partial charge in [-0.15, -0.1) is 23.1 Å². The van der Waals surface area contributed by atoms with E-state index in [1.54, 1.807) is 18.9 Å². The largest absolute Gasteiger partial charge is 0.494 e. The zero-order chi connectivity index (χ0) is 22.1. The number of nitrogens with zero attached hydrogens (tertiary/aromatic N) is 1. The Morgan fingerprint density at radius 1 is 1.22 bits per heavy atom. The topological polar surface area (TPSA) is 80.3 Å². The third-order valence-corrected chi connectivity index (χ3v) is 8.29. The molecule has 3 aromatic rings. The number of amides is 1. The Morgan fingerprint density at radius 2 is 2.06 bits per heavy atom. The summed E-state index contributed by atoms with van der Waals surface area (Å²) in [6.45, 7) is 0.759. The zero-order valence-electron chi connectivity index (χ0n) is 17.8. The molecule has 166 valence electrons. The highest BCUT2D eigenvalue weighted by atomic mass is 32.2. The number of benzene rings is 2. The van der Waals surface area contributed by atoms with Crippen molar-refractivity contribution in [2.24, 2.45) is 5.92 Å². The van der Waals surface area contributed by atoms with Crippen LogP contribution in [-0.2, 0) is 11.3 Å². The van der Waals surface area contributed by atoms with Gasteiger partial charge in [-0.25, -0.2) is 4.98 Å². The first-order valence-corrected chi connectivity index (χ1v) is 12.7. The normalized spacial score (nSPS) is 20.6. The lowest BCUT2D eigenvalue weighted by Gasteiger charge is -2.28. The minimum atomic E-state index is 0.0376. The van der Waals surface area contributed by atoms with Gasteiger partial charge in [0.05, 0.1) is 23.2 Å². The highest BCUT2D eigenvalue weighted by molar-refractivity contribution is 8.00. The number of para-hydroxylation sites is 1. The Balaban J connectivity index is 1.16. The monoisotopic (exact) mass is 467 g/mol. The molecular formula is C24H25N3O3S2. The van der Waals surface area contributed by atoms with Crippen molar-refractivity contribution in [1.82, 2.24) is 10.3 Å². The third-order valence-electron chi connectivity index (χ3n) is 6.18. The van der Waals surface area contributed by atoms with E-state index in [-0.39, 0.29) is 17.6 Å². The average Bonchev–Trinajstić information content (AvgIpc) is 3.27. The molecule has 32 heavy (non-hydrogen) atoms. The summed E-state index contributed by atoms with van der Waals surface area (Å²) in [6.07, 6.45) is 3.70. The van der Waals surface area contributed by atoms with E-state index in [0.29, 0.717) is 22.6 Å². The van der Waals surface area contributed by atoms with Crippen molar-refractivity contribution >= 4 is 50.7 Å². The van der Waals surface area contributed by atoms with Crippen molar-refractivity contribution in [3.63, 3.8) is 0 Å². The number of thioether (sulfide) groups is 1. The van der Waals surface area contributed by atoms with Crippen molar-refractivity contribution < 1.29 is 14.3 Å². The van der Waals surface area contributed by atoms with Crippen LogP contribution in [0.5, 0.6) is 5.75 Å². The standard InChI is InChI=1S/C24H25N3O3S2/c1-30-18-3-2-4-20-22(18)27-24(32-20)23(29)15-6-8-16(9-7-15)25-12-14-5-10-19-17(11-14)26-21(28)13-31-19/h2-5,10-11,15-16,25H,6-9,12-13H2,1H3,(H,26,28)/t15-,16-. The van der Waals surface area contributed by atoms with Crippen LogP contribution in [-0.4, -0.2) is 35.6 Å². The van der Waals surface area contributed by atoms with E-state index in [0.717, 1.165) is 58.6 Å². The van der Waals surface area contributed by atoms with Crippen LogP contribution in [0, 0.1) is 5.92 Å². The van der Waals surface area contributed by atoms with Gasteiger partial charge in [0.1, 0.15) is 11.3 Å². The number of nitrogens with one attached hydrogen (secondary N) is 2. The van der Waals surface area contributed by atoms with E-state index in [1.165, 1.54) is 11.3 Å². The van der Waals surface area contributed by atoms with Crippen molar-refractivity contribution in [1.29, 1.82) is 0 Å². The highest BCUT2D eigenvalue weighted by Gasteiger charge is 2.29.